The van der Waals surface area contributed by atoms with Gasteiger partial charge in [-0.25, -0.2) is 9.97 Å². The molecule has 0 fully saturated rings. The number of rotatable bonds is 3. The molecule has 0 amide bonds. The van der Waals surface area contributed by atoms with Crippen molar-refractivity contribution in [3.63, 3.8) is 0 Å². The summed E-state index contributed by atoms with van der Waals surface area (Å²) < 4.78 is 0.670. The highest BCUT2D eigenvalue weighted by atomic mass is 79.9. The number of nitro groups is 1. The molecule has 7 heteroatoms. The van der Waals surface area contributed by atoms with Crippen LogP contribution in [-0.2, 0) is 0 Å². The zero-order valence-electron chi connectivity index (χ0n) is 9.33. The van der Waals surface area contributed by atoms with Gasteiger partial charge in [0.05, 0.1) is 9.82 Å². The summed E-state index contributed by atoms with van der Waals surface area (Å²) in [5.74, 6) is 0. The van der Waals surface area contributed by atoms with Crippen LogP contribution in [-0.4, -0.2) is 14.9 Å². The Hall–Kier alpha value is -1.47. The van der Waals surface area contributed by atoms with Gasteiger partial charge in [0.25, 0.3) is 5.69 Å². The van der Waals surface area contributed by atoms with Crippen molar-refractivity contribution in [2.75, 3.05) is 0 Å². The van der Waals surface area contributed by atoms with E-state index >= 15 is 0 Å². The topological polar surface area (TPSA) is 68.9 Å². The molecule has 2 rings (SSSR count). The highest BCUT2D eigenvalue weighted by molar-refractivity contribution is 9.10. The molecule has 0 aliphatic heterocycles. The van der Waals surface area contributed by atoms with E-state index in [-0.39, 0.29) is 5.69 Å². The molecule has 0 unspecified atom stereocenters. The van der Waals surface area contributed by atoms with Gasteiger partial charge < -0.3 is 0 Å². The first-order chi connectivity index (χ1) is 8.56. The van der Waals surface area contributed by atoms with Crippen LogP contribution in [0.15, 0.2) is 45.1 Å². The fourth-order valence-corrected chi connectivity index (χ4v) is 2.38. The molecule has 0 radical (unpaired) electrons. The van der Waals surface area contributed by atoms with Gasteiger partial charge in [0.2, 0.25) is 0 Å². The van der Waals surface area contributed by atoms with E-state index in [4.69, 9.17) is 0 Å². The van der Waals surface area contributed by atoms with Gasteiger partial charge in [-0.05, 0) is 36.4 Å². The van der Waals surface area contributed by atoms with E-state index in [1.807, 2.05) is 6.92 Å². The van der Waals surface area contributed by atoms with E-state index in [0.29, 0.717) is 14.5 Å². The average molecular weight is 326 g/mol. The van der Waals surface area contributed by atoms with Crippen LogP contribution in [0.4, 0.5) is 5.69 Å². The molecule has 0 N–H and O–H groups in total. The number of aryl methyl sites for hydroxylation is 1. The van der Waals surface area contributed by atoms with Crippen LogP contribution in [0.2, 0.25) is 0 Å². The number of nitro benzene ring substituents is 1. The molecular formula is C11H8BrN3O2S. The summed E-state index contributed by atoms with van der Waals surface area (Å²) in [4.78, 5) is 19.3. The molecule has 2 aromatic rings. The Morgan fingerprint density at radius 2 is 2.00 bits per heavy atom. The van der Waals surface area contributed by atoms with Crippen LogP contribution < -0.4 is 0 Å². The first-order valence-electron chi connectivity index (χ1n) is 4.96. The summed E-state index contributed by atoms with van der Waals surface area (Å²) in [7, 11) is 0. The number of nitrogens with zero attached hydrogens (tertiary/aromatic N) is 3. The number of aromatic nitrogens is 2. The highest BCUT2D eigenvalue weighted by Gasteiger charge is 2.16. The van der Waals surface area contributed by atoms with Crippen molar-refractivity contribution in [1.29, 1.82) is 0 Å². The smallest absolute Gasteiger partial charge is 0.258 e. The van der Waals surface area contributed by atoms with Gasteiger partial charge >= 0.3 is 0 Å². The maximum Gasteiger partial charge on any atom is 0.284 e. The van der Waals surface area contributed by atoms with E-state index < -0.39 is 4.92 Å². The molecule has 0 aliphatic rings. The van der Waals surface area contributed by atoms with Crippen LogP contribution in [0.3, 0.4) is 0 Å². The molecule has 92 valence electrons. The van der Waals surface area contributed by atoms with E-state index in [1.165, 1.54) is 17.8 Å². The van der Waals surface area contributed by atoms with Crippen LogP contribution >= 0.6 is 27.7 Å². The van der Waals surface area contributed by atoms with Gasteiger partial charge in [0, 0.05) is 22.9 Å². The molecule has 0 saturated heterocycles. The van der Waals surface area contributed by atoms with Crippen LogP contribution in [0.5, 0.6) is 0 Å². The Labute approximate surface area is 116 Å². The number of halogens is 1. The second kappa shape index (κ2) is 5.45. The maximum absolute atomic E-state index is 10.9. The summed E-state index contributed by atoms with van der Waals surface area (Å²) in [6.07, 6.45) is 3.36. The van der Waals surface area contributed by atoms with E-state index in [9.17, 15) is 10.1 Å². The third-order valence-corrected chi connectivity index (χ3v) is 3.53. The van der Waals surface area contributed by atoms with Gasteiger partial charge in [-0.3, -0.25) is 10.1 Å². The molecule has 1 aromatic carbocycles. The van der Waals surface area contributed by atoms with Crippen LogP contribution in [0.25, 0.3) is 0 Å². The van der Waals surface area contributed by atoms with Crippen molar-refractivity contribution in [3.05, 3.63) is 50.7 Å². The SMILES string of the molecule is Cc1cnc(Sc2ccc(Br)cc2[N+](=O)[O-])nc1. The summed E-state index contributed by atoms with van der Waals surface area (Å²) in [6.45, 7) is 1.89. The quantitative estimate of drug-likeness (QED) is 0.490. The van der Waals surface area contributed by atoms with Gasteiger partial charge in [-0.15, -0.1) is 0 Å². The minimum atomic E-state index is -0.415. The number of hydrogen-bond donors (Lipinski definition) is 0. The molecular weight excluding hydrogens is 318 g/mol. The molecule has 0 bridgehead atoms. The Morgan fingerprint density at radius 3 is 2.61 bits per heavy atom. The third kappa shape index (κ3) is 3.05. The number of hydrogen-bond acceptors (Lipinski definition) is 5. The van der Waals surface area contributed by atoms with Gasteiger partial charge in [0.15, 0.2) is 5.16 Å². The van der Waals surface area contributed by atoms with Gasteiger partial charge in [-0.2, -0.15) is 0 Å². The average Bonchev–Trinajstić information content (AvgIpc) is 2.34. The minimum Gasteiger partial charge on any atom is -0.258 e. The largest absolute Gasteiger partial charge is 0.284 e. The Bertz CT molecular complexity index is 589. The first kappa shape index (κ1) is 13.0. The standard InChI is InChI=1S/C11H8BrN3O2S/c1-7-5-13-11(14-6-7)18-10-3-2-8(12)4-9(10)15(16)17/h2-6H,1H3. The lowest BCUT2D eigenvalue weighted by molar-refractivity contribution is -0.387. The Morgan fingerprint density at radius 1 is 1.33 bits per heavy atom. The van der Waals surface area contributed by atoms with E-state index in [2.05, 4.69) is 25.9 Å². The first-order valence-corrected chi connectivity index (χ1v) is 6.57. The lowest BCUT2D eigenvalue weighted by Gasteiger charge is -2.02. The van der Waals surface area contributed by atoms with Crippen molar-refractivity contribution >= 4 is 33.4 Å². The van der Waals surface area contributed by atoms with E-state index in [1.54, 1.807) is 24.5 Å². The second-order valence-corrected chi connectivity index (χ2v) is 5.44. The minimum absolute atomic E-state index is 0.0403. The van der Waals surface area contributed by atoms with Crippen molar-refractivity contribution in [3.8, 4) is 0 Å². The summed E-state index contributed by atoms with van der Waals surface area (Å²) in [6, 6.07) is 4.90. The molecule has 0 atom stereocenters. The normalized spacial score (nSPS) is 10.3. The zero-order valence-corrected chi connectivity index (χ0v) is 11.7. The highest BCUT2D eigenvalue weighted by Crippen LogP contribution is 2.34. The maximum atomic E-state index is 10.9. The van der Waals surface area contributed by atoms with Crippen LogP contribution in [0, 0.1) is 17.0 Å². The lowest BCUT2D eigenvalue weighted by Crippen LogP contribution is -1.92. The lowest BCUT2D eigenvalue weighted by atomic mass is 10.3. The molecule has 5 nitrogen and oxygen atoms in total. The van der Waals surface area contributed by atoms with Gasteiger partial charge in [0.1, 0.15) is 0 Å². The zero-order chi connectivity index (χ0) is 13.1. The molecule has 18 heavy (non-hydrogen) atoms. The Balaban J connectivity index is 2.34. The van der Waals surface area contributed by atoms with Crippen molar-refractivity contribution in [2.45, 2.75) is 17.0 Å². The van der Waals surface area contributed by atoms with Crippen molar-refractivity contribution < 1.29 is 4.92 Å². The second-order valence-electron chi connectivity index (χ2n) is 3.51. The fourth-order valence-electron chi connectivity index (χ4n) is 1.25. The monoisotopic (exact) mass is 325 g/mol. The number of benzene rings is 1. The Kier molecular flexibility index (Phi) is 3.93. The molecule has 0 aliphatic carbocycles. The van der Waals surface area contributed by atoms with Gasteiger partial charge in [-0.1, -0.05) is 15.9 Å². The molecule has 1 aromatic heterocycles. The molecule has 0 spiro atoms. The third-order valence-electron chi connectivity index (χ3n) is 2.08. The van der Waals surface area contributed by atoms with Crippen molar-refractivity contribution in [2.24, 2.45) is 0 Å². The molecule has 1 heterocycles. The predicted octanol–water partition coefficient (Wildman–Crippen LogP) is 3.61. The predicted molar refractivity (Wildman–Crippen MR) is 71.7 cm³/mol. The summed E-state index contributed by atoms with van der Waals surface area (Å²) >= 11 is 4.39. The summed E-state index contributed by atoms with van der Waals surface area (Å²) in [5, 5.41) is 11.4. The fraction of sp³-hybridized carbons (Fsp3) is 0.0909. The molecule has 0 saturated carbocycles. The van der Waals surface area contributed by atoms with E-state index in [0.717, 1.165) is 5.56 Å². The van der Waals surface area contributed by atoms with Crippen molar-refractivity contribution in [1.82, 2.24) is 9.97 Å². The van der Waals surface area contributed by atoms with Crippen LogP contribution in [0.1, 0.15) is 5.56 Å². The summed E-state index contributed by atoms with van der Waals surface area (Å²) in [5.41, 5.74) is 0.989.